The van der Waals surface area contributed by atoms with Crippen LogP contribution < -0.4 is 10.2 Å². The average Bonchev–Trinajstić information content (AvgIpc) is 2.38. The first-order valence-electron chi connectivity index (χ1n) is 5.69. The maximum Gasteiger partial charge on any atom is 0.492 e. The van der Waals surface area contributed by atoms with Crippen LogP contribution in [0.1, 0.15) is 5.56 Å². The van der Waals surface area contributed by atoms with E-state index in [9.17, 15) is 8.78 Å². The van der Waals surface area contributed by atoms with E-state index in [-0.39, 0.29) is 28.4 Å². The van der Waals surface area contributed by atoms with E-state index in [1.165, 1.54) is 18.2 Å². The van der Waals surface area contributed by atoms with Crippen molar-refractivity contribution < 1.29 is 23.6 Å². The third-order valence-corrected chi connectivity index (χ3v) is 2.88. The number of benzene rings is 2. The molecule has 0 aromatic heterocycles. The fourth-order valence-corrected chi connectivity index (χ4v) is 1.81. The predicted molar refractivity (Wildman–Crippen MR) is 72.0 cm³/mol. The maximum absolute atomic E-state index is 13.6. The molecule has 2 N–H and O–H groups in total. The summed E-state index contributed by atoms with van der Waals surface area (Å²) in [5, 5.41) is 18.5. The standard InChI is InChI=1S/C13H10BClF2O3/c15-9-2-1-8(12(17)5-9)7-20-13-4-3-10(16)6-11(13)14(18)19/h1-6,18-19H,7H2. The molecule has 0 heterocycles. The number of ether oxygens (including phenoxy) is 1. The lowest BCUT2D eigenvalue weighted by Crippen LogP contribution is -2.31. The van der Waals surface area contributed by atoms with Gasteiger partial charge in [0.2, 0.25) is 0 Å². The van der Waals surface area contributed by atoms with Gasteiger partial charge in [-0.05, 0) is 30.3 Å². The Morgan fingerprint density at radius 3 is 2.50 bits per heavy atom. The van der Waals surface area contributed by atoms with Crippen molar-refractivity contribution in [2.75, 3.05) is 0 Å². The molecule has 0 atom stereocenters. The summed E-state index contributed by atoms with van der Waals surface area (Å²) >= 11 is 5.63. The van der Waals surface area contributed by atoms with Crippen molar-refractivity contribution in [2.45, 2.75) is 6.61 Å². The van der Waals surface area contributed by atoms with E-state index in [1.54, 1.807) is 0 Å². The third kappa shape index (κ3) is 3.48. The molecule has 0 aliphatic heterocycles. The van der Waals surface area contributed by atoms with Crippen LogP contribution in [0.5, 0.6) is 5.75 Å². The summed E-state index contributed by atoms with van der Waals surface area (Å²) in [5.74, 6) is -1.10. The van der Waals surface area contributed by atoms with Gasteiger partial charge in [-0.2, -0.15) is 0 Å². The average molecular weight is 298 g/mol. The fourth-order valence-electron chi connectivity index (χ4n) is 1.65. The minimum atomic E-state index is -1.88. The van der Waals surface area contributed by atoms with Gasteiger partial charge in [-0.3, -0.25) is 0 Å². The number of hydrogen-bond acceptors (Lipinski definition) is 3. The van der Waals surface area contributed by atoms with Gasteiger partial charge in [-0.1, -0.05) is 17.7 Å². The first-order chi connectivity index (χ1) is 9.47. The molecule has 0 saturated carbocycles. The molecule has 0 aliphatic rings. The molecule has 0 fully saturated rings. The molecule has 3 nitrogen and oxygen atoms in total. The molecule has 0 bridgehead atoms. The molecule has 0 unspecified atom stereocenters. The Labute approximate surface area is 119 Å². The molecule has 0 radical (unpaired) electrons. The minimum Gasteiger partial charge on any atom is -0.489 e. The topological polar surface area (TPSA) is 49.7 Å². The Morgan fingerprint density at radius 1 is 1.10 bits per heavy atom. The Morgan fingerprint density at radius 2 is 1.85 bits per heavy atom. The van der Waals surface area contributed by atoms with Crippen LogP contribution in [0.2, 0.25) is 5.02 Å². The van der Waals surface area contributed by atoms with E-state index < -0.39 is 18.8 Å². The van der Waals surface area contributed by atoms with Crippen molar-refractivity contribution in [3.05, 3.63) is 58.6 Å². The molecule has 0 saturated heterocycles. The van der Waals surface area contributed by atoms with Gasteiger partial charge in [0.1, 0.15) is 24.0 Å². The lowest BCUT2D eigenvalue weighted by Gasteiger charge is -2.11. The van der Waals surface area contributed by atoms with Crippen LogP contribution in [0.25, 0.3) is 0 Å². The SMILES string of the molecule is OB(O)c1cc(F)ccc1OCc1ccc(Cl)cc1F. The molecule has 20 heavy (non-hydrogen) atoms. The summed E-state index contributed by atoms with van der Waals surface area (Å²) in [6, 6.07) is 7.41. The van der Waals surface area contributed by atoms with Crippen molar-refractivity contribution in [2.24, 2.45) is 0 Å². The second-order valence-corrected chi connectivity index (χ2v) is 4.52. The summed E-state index contributed by atoms with van der Waals surface area (Å²) in [4.78, 5) is 0. The molecule has 7 heteroatoms. The zero-order valence-electron chi connectivity index (χ0n) is 10.2. The molecule has 2 aromatic rings. The van der Waals surface area contributed by atoms with E-state index in [4.69, 9.17) is 26.4 Å². The highest BCUT2D eigenvalue weighted by atomic mass is 35.5. The van der Waals surface area contributed by atoms with E-state index in [0.717, 1.165) is 18.2 Å². The summed E-state index contributed by atoms with van der Waals surface area (Å²) < 4.78 is 31.9. The summed E-state index contributed by atoms with van der Waals surface area (Å²) in [7, 11) is -1.88. The van der Waals surface area contributed by atoms with Crippen LogP contribution in [0.4, 0.5) is 8.78 Å². The normalized spacial score (nSPS) is 10.4. The van der Waals surface area contributed by atoms with Gasteiger partial charge in [0.25, 0.3) is 0 Å². The maximum atomic E-state index is 13.6. The van der Waals surface area contributed by atoms with Crippen LogP contribution in [-0.4, -0.2) is 17.2 Å². The second-order valence-electron chi connectivity index (χ2n) is 4.08. The highest BCUT2D eigenvalue weighted by Crippen LogP contribution is 2.17. The first kappa shape index (κ1) is 14.8. The van der Waals surface area contributed by atoms with Crippen LogP contribution in [0.15, 0.2) is 36.4 Å². The monoisotopic (exact) mass is 298 g/mol. The van der Waals surface area contributed by atoms with Crippen molar-refractivity contribution in [3.8, 4) is 5.75 Å². The second kappa shape index (κ2) is 6.22. The Balaban J connectivity index is 2.18. The fraction of sp³-hybridized carbons (Fsp3) is 0.0769. The molecule has 104 valence electrons. The Bertz CT molecular complexity index is 623. The van der Waals surface area contributed by atoms with Crippen molar-refractivity contribution in [1.82, 2.24) is 0 Å². The molecule has 0 amide bonds. The molecular weight excluding hydrogens is 288 g/mol. The summed E-state index contributed by atoms with van der Waals surface area (Å²) in [6.45, 7) is -0.144. The lowest BCUT2D eigenvalue weighted by atomic mass is 9.79. The van der Waals surface area contributed by atoms with Crippen LogP contribution >= 0.6 is 11.6 Å². The molecular formula is C13H10BClF2O3. The largest absolute Gasteiger partial charge is 0.492 e. The van der Waals surface area contributed by atoms with Crippen LogP contribution in [0.3, 0.4) is 0 Å². The van der Waals surface area contributed by atoms with Crippen molar-refractivity contribution in [1.29, 1.82) is 0 Å². The summed E-state index contributed by atoms with van der Waals surface area (Å²) in [5.41, 5.74) is 0.122. The van der Waals surface area contributed by atoms with E-state index in [1.807, 2.05) is 0 Å². The van der Waals surface area contributed by atoms with Crippen LogP contribution in [-0.2, 0) is 6.61 Å². The number of halogens is 3. The van der Waals surface area contributed by atoms with Gasteiger partial charge >= 0.3 is 7.12 Å². The first-order valence-corrected chi connectivity index (χ1v) is 6.07. The highest BCUT2D eigenvalue weighted by Gasteiger charge is 2.18. The molecule has 2 rings (SSSR count). The van der Waals surface area contributed by atoms with Gasteiger partial charge in [-0.15, -0.1) is 0 Å². The molecule has 0 spiro atoms. The zero-order valence-corrected chi connectivity index (χ0v) is 10.9. The summed E-state index contributed by atoms with van der Waals surface area (Å²) in [6.07, 6.45) is 0. The Hall–Kier alpha value is -1.63. The van der Waals surface area contributed by atoms with E-state index in [0.29, 0.717) is 0 Å². The lowest BCUT2D eigenvalue weighted by molar-refractivity contribution is 0.300. The number of hydrogen-bond donors (Lipinski definition) is 2. The van der Waals surface area contributed by atoms with Crippen molar-refractivity contribution >= 4 is 24.2 Å². The molecule has 0 aliphatic carbocycles. The van der Waals surface area contributed by atoms with Gasteiger partial charge in [0.05, 0.1) is 0 Å². The molecule has 2 aromatic carbocycles. The van der Waals surface area contributed by atoms with E-state index in [2.05, 4.69) is 0 Å². The van der Waals surface area contributed by atoms with Gasteiger partial charge in [-0.25, -0.2) is 8.78 Å². The minimum absolute atomic E-state index is 0.0655. The van der Waals surface area contributed by atoms with Gasteiger partial charge in [0.15, 0.2) is 0 Å². The predicted octanol–water partition coefficient (Wildman–Crippen LogP) is 1.88. The zero-order chi connectivity index (χ0) is 14.7. The van der Waals surface area contributed by atoms with Gasteiger partial charge in [0, 0.05) is 16.0 Å². The quantitative estimate of drug-likeness (QED) is 0.847. The number of rotatable bonds is 4. The van der Waals surface area contributed by atoms with Gasteiger partial charge < -0.3 is 14.8 Å². The van der Waals surface area contributed by atoms with Crippen LogP contribution in [0, 0.1) is 11.6 Å². The van der Waals surface area contributed by atoms with E-state index >= 15 is 0 Å². The third-order valence-electron chi connectivity index (χ3n) is 2.65. The van der Waals surface area contributed by atoms with Crippen molar-refractivity contribution in [3.63, 3.8) is 0 Å². The smallest absolute Gasteiger partial charge is 0.489 e. The highest BCUT2D eigenvalue weighted by molar-refractivity contribution is 6.59. The Kier molecular flexibility index (Phi) is 4.59.